The number of pyridine rings is 1. The second-order valence-electron chi connectivity index (χ2n) is 4.07. The van der Waals surface area contributed by atoms with Gasteiger partial charge in [-0.15, -0.1) is 0 Å². The van der Waals surface area contributed by atoms with Crippen LogP contribution in [0, 0.1) is 0 Å². The van der Waals surface area contributed by atoms with Crippen molar-refractivity contribution in [3.63, 3.8) is 0 Å². The molecule has 82 valence electrons. The van der Waals surface area contributed by atoms with E-state index in [1.807, 2.05) is 19.5 Å². The maximum absolute atomic E-state index is 5.35. The molecular weight excluding hydrogens is 188 g/mol. The fourth-order valence-corrected chi connectivity index (χ4v) is 2.05. The first-order valence-corrected chi connectivity index (χ1v) is 5.52. The molecule has 0 bridgehead atoms. The van der Waals surface area contributed by atoms with Crippen molar-refractivity contribution in [3.05, 3.63) is 30.1 Å². The van der Waals surface area contributed by atoms with E-state index in [1.165, 1.54) is 5.56 Å². The Balaban J connectivity index is 1.82. The van der Waals surface area contributed by atoms with Crippen molar-refractivity contribution in [3.8, 4) is 0 Å². The molecule has 0 spiro atoms. The second-order valence-corrected chi connectivity index (χ2v) is 4.07. The summed E-state index contributed by atoms with van der Waals surface area (Å²) in [6, 6.07) is 4.17. The number of piperidine rings is 1. The molecule has 0 aliphatic carbocycles. The minimum absolute atomic E-state index is 0.471. The number of rotatable bonds is 3. The van der Waals surface area contributed by atoms with Crippen molar-refractivity contribution in [2.24, 2.45) is 0 Å². The van der Waals surface area contributed by atoms with E-state index in [1.54, 1.807) is 0 Å². The molecule has 3 heteroatoms. The lowest BCUT2D eigenvalue weighted by Gasteiger charge is -2.31. The normalized spacial score (nSPS) is 19.3. The molecule has 1 aromatic rings. The fraction of sp³-hybridized carbons (Fsp3) is 0.583. The van der Waals surface area contributed by atoms with Crippen molar-refractivity contribution in [2.45, 2.75) is 25.5 Å². The van der Waals surface area contributed by atoms with Gasteiger partial charge >= 0.3 is 0 Å². The van der Waals surface area contributed by atoms with E-state index >= 15 is 0 Å². The molecule has 0 N–H and O–H groups in total. The van der Waals surface area contributed by atoms with Crippen molar-refractivity contribution in [1.29, 1.82) is 0 Å². The molecule has 15 heavy (non-hydrogen) atoms. The molecule has 0 atom stereocenters. The monoisotopic (exact) mass is 206 g/mol. The summed E-state index contributed by atoms with van der Waals surface area (Å²) in [5.41, 5.74) is 1.35. The number of methoxy groups -OCH3 is 1. The van der Waals surface area contributed by atoms with E-state index in [0.29, 0.717) is 6.10 Å². The van der Waals surface area contributed by atoms with Gasteiger partial charge < -0.3 is 4.74 Å². The summed E-state index contributed by atoms with van der Waals surface area (Å²) in [4.78, 5) is 6.50. The second kappa shape index (κ2) is 5.24. The number of hydrogen-bond acceptors (Lipinski definition) is 3. The van der Waals surface area contributed by atoms with Crippen LogP contribution in [0.2, 0.25) is 0 Å². The summed E-state index contributed by atoms with van der Waals surface area (Å²) in [5, 5.41) is 0. The lowest BCUT2D eigenvalue weighted by molar-refractivity contribution is 0.0388. The van der Waals surface area contributed by atoms with Crippen LogP contribution in [-0.2, 0) is 11.3 Å². The highest BCUT2D eigenvalue weighted by molar-refractivity contribution is 5.09. The lowest BCUT2D eigenvalue weighted by Crippen LogP contribution is -2.36. The summed E-state index contributed by atoms with van der Waals surface area (Å²) in [5.74, 6) is 0. The van der Waals surface area contributed by atoms with Crippen molar-refractivity contribution < 1.29 is 4.74 Å². The molecule has 1 saturated heterocycles. The van der Waals surface area contributed by atoms with E-state index in [0.717, 1.165) is 32.5 Å². The van der Waals surface area contributed by atoms with Crippen molar-refractivity contribution in [1.82, 2.24) is 9.88 Å². The highest BCUT2D eigenvalue weighted by Crippen LogP contribution is 2.15. The zero-order chi connectivity index (χ0) is 10.5. The van der Waals surface area contributed by atoms with Gasteiger partial charge in [0.25, 0.3) is 0 Å². The minimum Gasteiger partial charge on any atom is -0.381 e. The molecule has 0 aromatic carbocycles. The average Bonchev–Trinajstić information content (AvgIpc) is 2.31. The van der Waals surface area contributed by atoms with E-state index < -0.39 is 0 Å². The summed E-state index contributed by atoms with van der Waals surface area (Å²) in [6.45, 7) is 3.32. The predicted molar refractivity (Wildman–Crippen MR) is 59.5 cm³/mol. The first kappa shape index (κ1) is 10.6. The topological polar surface area (TPSA) is 25.4 Å². The van der Waals surface area contributed by atoms with Crippen LogP contribution in [0.4, 0.5) is 0 Å². The Bertz CT molecular complexity index is 281. The molecule has 1 fully saturated rings. The van der Waals surface area contributed by atoms with Gasteiger partial charge in [0.1, 0.15) is 0 Å². The Morgan fingerprint density at radius 1 is 1.33 bits per heavy atom. The number of aromatic nitrogens is 1. The SMILES string of the molecule is COC1CCN(Cc2ccncc2)CC1. The third kappa shape index (κ3) is 3.01. The van der Waals surface area contributed by atoms with Gasteiger partial charge in [-0.2, -0.15) is 0 Å². The standard InChI is InChI=1S/C12H18N2O/c1-15-12-4-8-14(9-5-12)10-11-2-6-13-7-3-11/h2-3,6-7,12H,4-5,8-10H2,1H3. The van der Waals surface area contributed by atoms with Gasteiger partial charge in [-0.3, -0.25) is 9.88 Å². The zero-order valence-electron chi connectivity index (χ0n) is 9.22. The summed E-state index contributed by atoms with van der Waals surface area (Å²) < 4.78 is 5.35. The highest BCUT2D eigenvalue weighted by atomic mass is 16.5. The smallest absolute Gasteiger partial charge is 0.0595 e. The van der Waals surface area contributed by atoms with E-state index in [2.05, 4.69) is 22.0 Å². The first-order valence-electron chi connectivity index (χ1n) is 5.52. The molecule has 1 aliphatic heterocycles. The molecular formula is C12H18N2O. The highest BCUT2D eigenvalue weighted by Gasteiger charge is 2.18. The van der Waals surface area contributed by atoms with Crippen LogP contribution >= 0.6 is 0 Å². The van der Waals surface area contributed by atoms with Crippen molar-refractivity contribution in [2.75, 3.05) is 20.2 Å². The van der Waals surface area contributed by atoms with Crippen LogP contribution in [0.25, 0.3) is 0 Å². The molecule has 2 rings (SSSR count). The van der Waals surface area contributed by atoms with Gasteiger partial charge in [0.05, 0.1) is 6.10 Å². The van der Waals surface area contributed by atoms with Crippen LogP contribution < -0.4 is 0 Å². The zero-order valence-corrected chi connectivity index (χ0v) is 9.22. The number of nitrogens with zero attached hydrogens (tertiary/aromatic N) is 2. The van der Waals surface area contributed by atoms with Gasteiger partial charge in [-0.05, 0) is 30.5 Å². The summed E-state index contributed by atoms with van der Waals surface area (Å²) in [6.07, 6.45) is 6.50. The molecule has 0 amide bonds. The fourth-order valence-electron chi connectivity index (χ4n) is 2.05. The van der Waals surface area contributed by atoms with Crippen LogP contribution in [0.3, 0.4) is 0 Å². The van der Waals surface area contributed by atoms with Gasteiger partial charge in [-0.1, -0.05) is 0 Å². The predicted octanol–water partition coefficient (Wildman–Crippen LogP) is 1.69. The maximum atomic E-state index is 5.35. The van der Waals surface area contributed by atoms with Gasteiger partial charge in [-0.25, -0.2) is 0 Å². The van der Waals surface area contributed by atoms with Gasteiger partial charge in [0.2, 0.25) is 0 Å². The summed E-state index contributed by atoms with van der Waals surface area (Å²) in [7, 11) is 1.81. The Morgan fingerprint density at radius 3 is 2.60 bits per heavy atom. The quantitative estimate of drug-likeness (QED) is 0.752. The van der Waals surface area contributed by atoms with Crippen LogP contribution in [0.1, 0.15) is 18.4 Å². The van der Waals surface area contributed by atoms with Crippen molar-refractivity contribution >= 4 is 0 Å². The first-order chi connectivity index (χ1) is 7.38. The third-order valence-corrected chi connectivity index (χ3v) is 3.02. The summed E-state index contributed by atoms with van der Waals surface area (Å²) >= 11 is 0. The Labute approximate surface area is 91.1 Å². The molecule has 0 unspecified atom stereocenters. The minimum atomic E-state index is 0.471. The van der Waals surface area contributed by atoms with Gasteiger partial charge in [0.15, 0.2) is 0 Å². The Hall–Kier alpha value is -0.930. The molecule has 3 nitrogen and oxygen atoms in total. The Morgan fingerprint density at radius 2 is 2.00 bits per heavy atom. The maximum Gasteiger partial charge on any atom is 0.0595 e. The number of likely N-dealkylation sites (tertiary alicyclic amines) is 1. The number of ether oxygens (including phenoxy) is 1. The average molecular weight is 206 g/mol. The molecule has 0 saturated carbocycles. The van der Waals surface area contributed by atoms with E-state index in [9.17, 15) is 0 Å². The van der Waals surface area contributed by atoms with Crippen LogP contribution in [0.5, 0.6) is 0 Å². The van der Waals surface area contributed by atoms with E-state index in [4.69, 9.17) is 4.74 Å². The number of hydrogen-bond donors (Lipinski definition) is 0. The van der Waals surface area contributed by atoms with Gasteiger partial charge in [0, 0.05) is 39.1 Å². The largest absolute Gasteiger partial charge is 0.381 e. The Kier molecular flexibility index (Phi) is 3.69. The molecule has 0 radical (unpaired) electrons. The molecule has 1 aromatic heterocycles. The van der Waals surface area contributed by atoms with E-state index in [-0.39, 0.29) is 0 Å². The molecule has 2 heterocycles. The van der Waals surface area contributed by atoms with Crippen LogP contribution in [-0.4, -0.2) is 36.2 Å². The molecule has 1 aliphatic rings. The van der Waals surface area contributed by atoms with Crippen LogP contribution in [0.15, 0.2) is 24.5 Å². The lowest BCUT2D eigenvalue weighted by atomic mass is 10.1. The third-order valence-electron chi connectivity index (χ3n) is 3.02.